The zero-order valence-corrected chi connectivity index (χ0v) is 13.9. The van der Waals surface area contributed by atoms with E-state index in [2.05, 4.69) is 33.3 Å². The van der Waals surface area contributed by atoms with Crippen molar-refractivity contribution < 1.29 is 4.79 Å². The molecule has 3 aliphatic rings. The molecule has 2 aliphatic heterocycles. The number of anilines is 1. The SMILES string of the molecule is O=C(CCN1CCN2CCCC2C1)Nc1ccc2c(c1)CCC2. The van der Waals surface area contributed by atoms with Crippen LogP contribution in [0, 0.1) is 0 Å². The fraction of sp³-hybridized carbons (Fsp3) is 0.632. The molecule has 0 bridgehead atoms. The van der Waals surface area contributed by atoms with Gasteiger partial charge in [0.1, 0.15) is 0 Å². The van der Waals surface area contributed by atoms with Crippen LogP contribution in [0.5, 0.6) is 0 Å². The molecular formula is C19H27N3O. The molecule has 0 aromatic heterocycles. The summed E-state index contributed by atoms with van der Waals surface area (Å²) >= 11 is 0. The Balaban J connectivity index is 1.25. The van der Waals surface area contributed by atoms with Gasteiger partial charge < -0.3 is 5.32 Å². The number of hydrogen-bond acceptors (Lipinski definition) is 3. The van der Waals surface area contributed by atoms with Gasteiger partial charge in [0.05, 0.1) is 0 Å². The van der Waals surface area contributed by atoms with E-state index < -0.39 is 0 Å². The summed E-state index contributed by atoms with van der Waals surface area (Å²) in [4.78, 5) is 17.3. The predicted octanol–water partition coefficient (Wildman–Crippen LogP) is 2.28. The van der Waals surface area contributed by atoms with Crippen LogP contribution < -0.4 is 5.32 Å². The Morgan fingerprint density at radius 1 is 1.13 bits per heavy atom. The molecule has 2 saturated heterocycles. The van der Waals surface area contributed by atoms with E-state index in [4.69, 9.17) is 0 Å². The van der Waals surface area contributed by atoms with Crippen LogP contribution in [0.3, 0.4) is 0 Å². The van der Waals surface area contributed by atoms with E-state index in [1.807, 2.05) is 0 Å². The number of aryl methyl sites for hydroxylation is 2. The van der Waals surface area contributed by atoms with Crippen LogP contribution in [-0.4, -0.2) is 54.5 Å². The second-order valence-electron chi connectivity index (χ2n) is 7.27. The van der Waals surface area contributed by atoms with E-state index in [0.29, 0.717) is 6.42 Å². The van der Waals surface area contributed by atoms with Gasteiger partial charge in [-0.2, -0.15) is 0 Å². The summed E-state index contributed by atoms with van der Waals surface area (Å²) in [6.45, 7) is 5.60. The van der Waals surface area contributed by atoms with Gasteiger partial charge in [0.15, 0.2) is 0 Å². The number of hydrogen-bond donors (Lipinski definition) is 1. The molecule has 23 heavy (non-hydrogen) atoms. The molecule has 4 rings (SSSR count). The predicted molar refractivity (Wildman–Crippen MR) is 92.7 cm³/mol. The molecule has 0 radical (unpaired) electrons. The number of nitrogens with one attached hydrogen (secondary N) is 1. The maximum absolute atomic E-state index is 12.2. The number of piperazine rings is 1. The quantitative estimate of drug-likeness (QED) is 0.926. The van der Waals surface area contributed by atoms with Crippen LogP contribution in [0.15, 0.2) is 18.2 Å². The van der Waals surface area contributed by atoms with Crippen molar-refractivity contribution in [2.45, 2.75) is 44.6 Å². The highest BCUT2D eigenvalue weighted by Crippen LogP contribution is 2.25. The molecule has 1 aromatic carbocycles. The zero-order valence-electron chi connectivity index (χ0n) is 13.9. The van der Waals surface area contributed by atoms with E-state index in [0.717, 1.165) is 37.8 Å². The number of fused-ring (bicyclic) bond motifs is 2. The van der Waals surface area contributed by atoms with Gasteiger partial charge in [-0.1, -0.05) is 6.07 Å². The normalized spacial score (nSPS) is 24.4. The summed E-state index contributed by atoms with van der Waals surface area (Å²) in [6, 6.07) is 7.14. The lowest BCUT2D eigenvalue weighted by atomic mass is 10.1. The van der Waals surface area contributed by atoms with Crippen LogP contribution in [0.2, 0.25) is 0 Å². The third-order valence-electron chi connectivity index (χ3n) is 5.71. The number of benzene rings is 1. The Morgan fingerprint density at radius 3 is 3.00 bits per heavy atom. The summed E-state index contributed by atoms with van der Waals surface area (Å²) in [6.07, 6.45) is 6.88. The number of rotatable bonds is 4. The van der Waals surface area contributed by atoms with E-state index in [1.54, 1.807) is 0 Å². The molecule has 2 fully saturated rings. The summed E-state index contributed by atoms with van der Waals surface area (Å²) in [5.41, 5.74) is 3.84. The number of nitrogens with zero attached hydrogens (tertiary/aromatic N) is 2. The van der Waals surface area contributed by atoms with Gasteiger partial charge in [0.2, 0.25) is 5.91 Å². The van der Waals surface area contributed by atoms with Crippen LogP contribution in [0.4, 0.5) is 5.69 Å². The Morgan fingerprint density at radius 2 is 2.04 bits per heavy atom. The zero-order chi connectivity index (χ0) is 15.6. The third kappa shape index (κ3) is 3.43. The lowest BCUT2D eigenvalue weighted by Gasteiger charge is -2.37. The van der Waals surface area contributed by atoms with Gasteiger partial charge in [-0.05, 0) is 61.9 Å². The van der Waals surface area contributed by atoms with Crippen molar-refractivity contribution in [1.29, 1.82) is 0 Å². The Labute approximate surface area is 138 Å². The second kappa shape index (κ2) is 6.62. The van der Waals surface area contributed by atoms with Crippen molar-refractivity contribution in [3.63, 3.8) is 0 Å². The molecule has 1 atom stereocenters. The molecular weight excluding hydrogens is 286 g/mol. The lowest BCUT2D eigenvalue weighted by molar-refractivity contribution is -0.116. The lowest BCUT2D eigenvalue weighted by Crippen LogP contribution is -2.50. The third-order valence-corrected chi connectivity index (χ3v) is 5.71. The van der Waals surface area contributed by atoms with E-state index in [1.165, 1.54) is 49.9 Å². The van der Waals surface area contributed by atoms with Crippen molar-refractivity contribution in [3.05, 3.63) is 29.3 Å². The van der Waals surface area contributed by atoms with Gasteiger partial charge in [0, 0.05) is 44.3 Å². The van der Waals surface area contributed by atoms with Gasteiger partial charge in [-0.25, -0.2) is 0 Å². The molecule has 1 aliphatic carbocycles. The first-order valence-corrected chi connectivity index (χ1v) is 9.16. The van der Waals surface area contributed by atoms with Crippen LogP contribution in [-0.2, 0) is 17.6 Å². The summed E-state index contributed by atoms with van der Waals surface area (Å²) in [5, 5.41) is 3.08. The van der Waals surface area contributed by atoms with E-state index in [-0.39, 0.29) is 5.91 Å². The highest BCUT2D eigenvalue weighted by Gasteiger charge is 2.30. The number of amides is 1. The van der Waals surface area contributed by atoms with Crippen molar-refractivity contribution in [1.82, 2.24) is 9.80 Å². The van der Waals surface area contributed by atoms with Crippen LogP contribution in [0.25, 0.3) is 0 Å². The molecule has 0 spiro atoms. The molecule has 1 N–H and O–H groups in total. The Bertz CT molecular complexity index is 586. The summed E-state index contributed by atoms with van der Waals surface area (Å²) < 4.78 is 0. The Kier molecular flexibility index (Phi) is 4.36. The fourth-order valence-corrected chi connectivity index (χ4v) is 4.39. The first-order valence-electron chi connectivity index (χ1n) is 9.16. The second-order valence-corrected chi connectivity index (χ2v) is 7.27. The molecule has 4 heteroatoms. The van der Waals surface area contributed by atoms with Gasteiger partial charge in [0.25, 0.3) is 0 Å². The average molecular weight is 313 g/mol. The standard InChI is InChI=1S/C19H27N3O/c23-19(20-17-7-6-15-3-1-4-16(15)13-17)8-10-21-11-12-22-9-2-5-18(22)14-21/h6-7,13,18H,1-5,8-12,14H2,(H,20,23). The fourth-order valence-electron chi connectivity index (χ4n) is 4.39. The van der Waals surface area contributed by atoms with Gasteiger partial charge >= 0.3 is 0 Å². The van der Waals surface area contributed by atoms with E-state index >= 15 is 0 Å². The minimum Gasteiger partial charge on any atom is -0.326 e. The molecule has 124 valence electrons. The van der Waals surface area contributed by atoms with E-state index in [9.17, 15) is 4.79 Å². The molecule has 2 heterocycles. The van der Waals surface area contributed by atoms with Crippen molar-refractivity contribution in [3.8, 4) is 0 Å². The molecule has 1 aromatic rings. The number of carbonyl (C=O) groups is 1. The van der Waals surface area contributed by atoms with Crippen LogP contribution in [0.1, 0.15) is 36.8 Å². The summed E-state index contributed by atoms with van der Waals surface area (Å²) in [7, 11) is 0. The van der Waals surface area contributed by atoms with Crippen LogP contribution >= 0.6 is 0 Å². The highest BCUT2D eigenvalue weighted by atomic mass is 16.1. The van der Waals surface area contributed by atoms with Gasteiger partial charge in [-0.3, -0.25) is 14.6 Å². The first-order chi connectivity index (χ1) is 11.3. The van der Waals surface area contributed by atoms with Gasteiger partial charge in [-0.15, -0.1) is 0 Å². The average Bonchev–Trinajstić information content (AvgIpc) is 3.20. The largest absolute Gasteiger partial charge is 0.326 e. The number of carbonyl (C=O) groups excluding carboxylic acids is 1. The minimum absolute atomic E-state index is 0.150. The molecule has 0 saturated carbocycles. The molecule has 4 nitrogen and oxygen atoms in total. The minimum atomic E-state index is 0.150. The smallest absolute Gasteiger partial charge is 0.225 e. The Hall–Kier alpha value is -1.39. The topological polar surface area (TPSA) is 35.6 Å². The maximum atomic E-state index is 12.2. The maximum Gasteiger partial charge on any atom is 0.225 e. The first kappa shape index (κ1) is 15.2. The molecule has 1 amide bonds. The van der Waals surface area contributed by atoms with Crippen molar-refractivity contribution in [2.24, 2.45) is 0 Å². The van der Waals surface area contributed by atoms with Crippen molar-refractivity contribution >= 4 is 11.6 Å². The molecule has 1 unspecified atom stereocenters. The highest BCUT2D eigenvalue weighted by molar-refractivity contribution is 5.91. The van der Waals surface area contributed by atoms with Crippen molar-refractivity contribution in [2.75, 3.05) is 38.0 Å². The summed E-state index contributed by atoms with van der Waals surface area (Å²) in [5.74, 6) is 0.150. The monoisotopic (exact) mass is 313 g/mol.